The van der Waals surface area contributed by atoms with Crippen LogP contribution in [-0.4, -0.2) is 54.9 Å². The number of rotatable bonds is 8. The molecule has 0 spiro atoms. The Morgan fingerprint density at radius 2 is 1.68 bits per heavy atom. The summed E-state index contributed by atoms with van der Waals surface area (Å²) in [7, 11) is 0.500. The zero-order valence-corrected chi connectivity index (χ0v) is 26.9. The van der Waals surface area contributed by atoms with Gasteiger partial charge in [0.15, 0.2) is 0 Å². The van der Waals surface area contributed by atoms with Crippen molar-refractivity contribution < 1.29 is 14.3 Å². The van der Waals surface area contributed by atoms with E-state index in [1.54, 1.807) is 6.07 Å². The van der Waals surface area contributed by atoms with Gasteiger partial charge in [0, 0.05) is 28.7 Å². The molecule has 0 aliphatic carbocycles. The standard InChI is InChI=1S/C21H25Cl2N3.C5H12N2O2.C2H6.C2H2.CH3F/c1-14(21(2,3)4)20-24-19(16-10-17(22)12-18(23)11-16)25-26(20)13-15-8-6-5-7-9-15;6-2-1-3-7-5(9)4-8;3*1-2/h5-12,14,20H,13H2,1-4H3,(H,24,25);8H,1-4,6H2,(H,7,9);1-2H3;1-2H;1H3/t14-,20?;;;;/m0..../s1. The summed E-state index contributed by atoms with van der Waals surface area (Å²) >= 11 is 12.4. The number of hydrogen-bond acceptors (Lipinski definition) is 6. The Morgan fingerprint density at radius 1 is 1.15 bits per heavy atom. The van der Waals surface area contributed by atoms with E-state index in [-0.39, 0.29) is 17.5 Å². The fourth-order valence-corrected chi connectivity index (χ4v) is 3.92. The summed E-state index contributed by atoms with van der Waals surface area (Å²) in [6, 6.07) is 15.9. The lowest BCUT2D eigenvalue weighted by molar-refractivity contribution is -0.123. The number of nitrogens with zero attached hydrogens (tertiary/aromatic N) is 2. The number of aliphatic imine (C=N–C) groups is 1. The zero-order chi connectivity index (χ0) is 32.0. The minimum Gasteiger partial charge on any atom is -0.387 e. The Hall–Kier alpha value is -2.67. The minimum absolute atomic E-state index is 0.0305. The molecular weight excluding hydrogens is 564 g/mol. The van der Waals surface area contributed by atoms with Gasteiger partial charge < -0.3 is 21.6 Å². The second kappa shape index (κ2) is 23.0. The van der Waals surface area contributed by atoms with Gasteiger partial charge in [-0.25, -0.2) is 4.99 Å². The predicted molar refractivity (Wildman–Crippen MR) is 173 cm³/mol. The number of amidine groups is 1. The molecular formula is C31H48Cl2FN5O2. The second-order valence-electron chi connectivity index (χ2n) is 9.58. The van der Waals surface area contributed by atoms with Crippen molar-refractivity contribution in [1.82, 2.24) is 15.8 Å². The van der Waals surface area contributed by atoms with Crippen LogP contribution >= 0.6 is 23.2 Å². The van der Waals surface area contributed by atoms with Gasteiger partial charge in [0.1, 0.15) is 18.6 Å². The predicted octanol–water partition coefficient (Wildman–Crippen LogP) is 6.07. The SMILES string of the molecule is C#C.CC.CF.C[C@@H](C1N=C(c2cc(Cl)cc(Cl)c2)NN1Cc1ccccc1)C(C)(C)C.NCCCNC(=O)CO. The first-order chi connectivity index (χ1) is 19.5. The smallest absolute Gasteiger partial charge is 0.245 e. The van der Waals surface area contributed by atoms with Crippen LogP contribution in [0.4, 0.5) is 4.39 Å². The highest BCUT2D eigenvalue weighted by molar-refractivity contribution is 6.35. The summed E-state index contributed by atoms with van der Waals surface area (Å²) in [6.45, 7) is 14.5. The summed E-state index contributed by atoms with van der Waals surface area (Å²) < 4.78 is 9.50. The molecule has 2 atom stereocenters. The molecule has 1 amide bonds. The van der Waals surface area contributed by atoms with Crippen LogP contribution in [0.1, 0.15) is 59.1 Å². The van der Waals surface area contributed by atoms with E-state index in [1.165, 1.54) is 5.56 Å². The Balaban J connectivity index is 0. The lowest BCUT2D eigenvalue weighted by Crippen LogP contribution is -2.45. The van der Waals surface area contributed by atoms with Crippen LogP contribution in [0.3, 0.4) is 0 Å². The lowest BCUT2D eigenvalue weighted by atomic mass is 9.80. The van der Waals surface area contributed by atoms with Crippen LogP contribution in [-0.2, 0) is 11.3 Å². The quantitative estimate of drug-likeness (QED) is 0.214. The summed E-state index contributed by atoms with van der Waals surface area (Å²) in [5.41, 5.74) is 10.9. The van der Waals surface area contributed by atoms with E-state index >= 15 is 0 Å². The van der Waals surface area contributed by atoms with E-state index in [0.29, 0.717) is 36.2 Å². The van der Waals surface area contributed by atoms with Gasteiger partial charge in [0.05, 0.1) is 7.18 Å². The number of carbonyl (C=O) groups is 1. The molecule has 1 unspecified atom stereocenters. The first kappa shape index (κ1) is 40.5. The number of amides is 1. The van der Waals surface area contributed by atoms with Crippen molar-refractivity contribution in [2.75, 3.05) is 26.9 Å². The maximum absolute atomic E-state index is 10.3. The van der Waals surface area contributed by atoms with E-state index in [1.807, 2.05) is 32.0 Å². The highest BCUT2D eigenvalue weighted by atomic mass is 35.5. The maximum atomic E-state index is 10.3. The monoisotopic (exact) mass is 611 g/mol. The fourth-order valence-electron chi connectivity index (χ4n) is 3.39. The van der Waals surface area contributed by atoms with Crippen LogP contribution in [0.15, 0.2) is 53.5 Å². The molecule has 3 rings (SSSR count). The highest BCUT2D eigenvalue weighted by Crippen LogP contribution is 2.34. The third-order valence-corrected chi connectivity index (χ3v) is 6.26. The molecule has 0 aromatic heterocycles. The molecule has 10 heteroatoms. The molecule has 0 radical (unpaired) electrons. The van der Waals surface area contributed by atoms with Gasteiger partial charge in [0.25, 0.3) is 0 Å². The molecule has 0 fully saturated rings. The number of aliphatic hydroxyl groups excluding tert-OH is 1. The van der Waals surface area contributed by atoms with Gasteiger partial charge >= 0.3 is 0 Å². The van der Waals surface area contributed by atoms with Crippen LogP contribution in [0.25, 0.3) is 0 Å². The number of alkyl halides is 1. The van der Waals surface area contributed by atoms with Crippen molar-refractivity contribution in [3.63, 3.8) is 0 Å². The molecule has 1 aliphatic rings. The summed E-state index contributed by atoms with van der Waals surface area (Å²) in [5.74, 6) is 0.820. The summed E-state index contributed by atoms with van der Waals surface area (Å²) in [4.78, 5) is 15.3. The molecule has 7 nitrogen and oxygen atoms in total. The average Bonchev–Trinajstić information content (AvgIpc) is 3.39. The zero-order valence-electron chi connectivity index (χ0n) is 25.4. The van der Waals surface area contributed by atoms with Crippen molar-refractivity contribution in [2.45, 2.75) is 60.7 Å². The summed E-state index contributed by atoms with van der Waals surface area (Å²) in [5, 5.41) is 14.1. The third kappa shape index (κ3) is 15.8. The lowest BCUT2D eigenvalue weighted by Gasteiger charge is -2.35. The number of halogens is 3. The molecule has 1 aliphatic heterocycles. The number of nitrogens with two attached hydrogens (primary N) is 1. The van der Waals surface area contributed by atoms with Gasteiger partial charge in [0.2, 0.25) is 5.91 Å². The first-order valence-electron chi connectivity index (χ1n) is 13.5. The van der Waals surface area contributed by atoms with Crippen LogP contribution < -0.4 is 16.5 Å². The molecule has 0 saturated carbocycles. The number of nitrogens with one attached hydrogen (secondary N) is 2. The van der Waals surface area contributed by atoms with E-state index < -0.39 is 6.61 Å². The second-order valence-corrected chi connectivity index (χ2v) is 10.5. The molecule has 1 heterocycles. The largest absolute Gasteiger partial charge is 0.387 e. The van der Waals surface area contributed by atoms with E-state index in [9.17, 15) is 9.18 Å². The van der Waals surface area contributed by atoms with Crippen molar-refractivity contribution in [2.24, 2.45) is 22.1 Å². The van der Waals surface area contributed by atoms with E-state index in [0.717, 1.165) is 24.4 Å². The normalized spacial score (nSPS) is 14.5. The van der Waals surface area contributed by atoms with Gasteiger partial charge in [-0.2, -0.15) is 5.01 Å². The Morgan fingerprint density at radius 3 is 2.15 bits per heavy atom. The van der Waals surface area contributed by atoms with Crippen LogP contribution in [0, 0.1) is 24.2 Å². The van der Waals surface area contributed by atoms with Crippen LogP contribution in [0.5, 0.6) is 0 Å². The molecule has 2 aromatic rings. The topological polar surface area (TPSA) is 103 Å². The molecule has 2 aromatic carbocycles. The molecule has 0 saturated heterocycles. The highest BCUT2D eigenvalue weighted by Gasteiger charge is 2.36. The van der Waals surface area contributed by atoms with Gasteiger partial charge in [-0.3, -0.25) is 9.18 Å². The molecule has 0 bridgehead atoms. The van der Waals surface area contributed by atoms with Gasteiger partial charge in [-0.1, -0.05) is 95.1 Å². The Labute approximate surface area is 256 Å². The van der Waals surface area contributed by atoms with Crippen molar-refractivity contribution in [1.29, 1.82) is 0 Å². The van der Waals surface area contributed by atoms with Gasteiger partial charge in [-0.05, 0) is 48.1 Å². The average molecular weight is 613 g/mol. The van der Waals surface area contributed by atoms with Crippen molar-refractivity contribution in [3.8, 4) is 12.8 Å². The van der Waals surface area contributed by atoms with Crippen molar-refractivity contribution in [3.05, 3.63) is 69.7 Å². The first-order valence-corrected chi connectivity index (χ1v) is 14.2. The van der Waals surface area contributed by atoms with E-state index in [2.05, 4.69) is 80.6 Å². The Bertz CT molecular complexity index is 1010. The molecule has 5 N–H and O–H groups in total. The summed E-state index contributed by atoms with van der Waals surface area (Å²) in [6.07, 6.45) is 8.79. The number of carbonyl (C=O) groups excluding carboxylic acids is 1. The Kier molecular flexibility index (Phi) is 22.7. The maximum Gasteiger partial charge on any atom is 0.245 e. The minimum atomic E-state index is -0.440. The molecule has 41 heavy (non-hydrogen) atoms. The fraction of sp³-hybridized carbons (Fsp3) is 0.484. The van der Waals surface area contributed by atoms with E-state index in [4.69, 9.17) is 39.0 Å². The number of hydrogen-bond donors (Lipinski definition) is 4. The van der Waals surface area contributed by atoms with Crippen molar-refractivity contribution >= 4 is 34.9 Å². The number of aliphatic hydroxyl groups is 1. The number of benzene rings is 2. The number of terminal acetylenes is 1. The molecule has 230 valence electrons. The third-order valence-electron chi connectivity index (χ3n) is 5.82. The number of hydrazine groups is 1. The van der Waals surface area contributed by atoms with Crippen LogP contribution in [0.2, 0.25) is 10.0 Å². The van der Waals surface area contributed by atoms with Gasteiger partial charge in [-0.15, -0.1) is 12.8 Å².